The number of anilines is 3. The fourth-order valence-electron chi connectivity index (χ4n) is 11.3. The van der Waals surface area contributed by atoms with Gasteiger partial charge in [-0.2, -0.15) is 0 Å². The summed E-state index contributed by atoms with van der Waals surface area (Å²) in [6.45, 7) is 8.94. The molecule has 1 aliphatic heterocycles. The van der Waals surface area contributed by atoms with E-state index >= 15 is 0 Å². The van der Waals surface area contributed by atoms with Crippen LogP contribution in [0.3, 0.4) is 0 Å². The Morgan fingerprint density at radius 3 is 1.79 bits per heavy atom. The molecule has 322 valence electrons. The molecule has 3 nitrogen and oxygen atoms in total. The number of para-hydroxylation sites is 3. The Morgan fingerprint density at radius 2 is 1.01 bits per heavy atom. The van der Waals surface area contributed by atoms with Crippen molar-refractivity contribution in [1.29, 1.82) is 0 Å². The van der Waals surface area contributed by atoms with Gasteiger partial charge in [0.05, 0.1) is 17.1 Å². The minimum absolute atomic E-state index is 0.0343. The smallest absolute Gasteiger partial charge is 0.242 e. The van der Waals surface area contributed by atoms with Crippen molar-refractivity contribution in [3.8, 4) is 33.8 Å². The van der Waals surface area contributed by atoms with E-state index in [-0.39, 0.29) is 6.71 Å². The van der Waals surface area contributed by atoms with Crippen LogP contribution in [0.15, 0.2) is 211 Å². The molecule has 4 heteroatoms. The molecule has 0 saturated carbocycles. The average molecular weight is 872 g/mol. The highest BCUT2D eigenvalue weighted by atomic mass is 16.5. The first kappa shape index (κ1) is 40.0. The second kappa shape index (κ2) is 15.6. The van der Waals surface area contributed by atoms with E-state index in [1.54, 1.807) is 0 Å². The van der Waals surface area contributed by atoms with E-state index in [2.05, 4.69) is 227 Å². The Balaban J connectivity index is 1.03. The third-order valence-corrected chi connectivity index (χ3v) is 14.4. The molecule has 1 aliphatic rings. The summed E-state index contributed by atoms with van der Waals surface area (Å²) in [6.07, 6.45) is 0. The topological polar surface area (TPSA) is 25.6 Å². The summed E-state index contributed by atoms with van der Waals surface area (Å²) in [6, 6.07) is 75.1. The molecule has 12 aromatic rings. The van der Waals surface area contributed by atoms with Crippen molar-refractivity contribution in [2.24, 2.45) is 0 Å². The summed E-state index contributed by atoms with van der Waals surface area (Å²) >= 11 is 0. The minimum atomic E-state index is 0.0343. The van der Waals surface area contributed by atoms with Crippen molar-refractivity contribution in [3.05, 3.63) is 229 Å². The largest absolute Gasteiger partial charge is 0.456 e. The molecule has 0 saturated heterocycles. The third-order valence-electron chi connectivity index (χ3n) is 14.4. The first-order chi connectivity index (χ1) is 33.4. The van der Waals surface area contributed by atoms with Gasteiger partial charge >= 0.3 is 0 Å². The predicted molar refractivity (Wildman–Crippen MR) is 288 cm³/mol. The zero-order valence-corrected chi connectivity index (χ0v) is 38.5. The van der Waals surface area contributed by atoms with Crippen LogP contribution in [0.25, 0.3) is 76.5 Å². The maximum absolute atomic E-state index is 7.12. The van der Waals surface area contributed by atoms with Crippen molar-refractivity contribution >= 4 is 94.4 Å². The number of ether oxygens (including phenoxy) is 1. The second-order valence-electron chi connectivity index (χ2n) is 18.6. The van der Waals surface area contributed by atoms with Crippen molar-refractivity contribution in [1.82, 2.24) is 0 Å². The van der Waals surface area contributed by atoms with Gasteiger partial charge in [-0.3, -0.25) is 0 Å². The molecular formula is C64H46BNO2. The van der Waals surface area contributed by atoms with Gasteiger partial charge in [-0.15, -0.1) is 0 Å². The van der Waals surface area contributed by atoms with Crippen LogP contribution in [0.2, 0.25) is 0 Å². The quantitative estimate of drug-likeness (QED) is 0.118. The van der Waals surface area contributed by atoms with Gasteiger partial charge in [0.1, 0.15) is 17.1 Å². The molecule has 0 radical (unpaired) electrons. The Bertz CT molecular complexity index is 3970. The summed E-state index contributed by atoms with van der Waals surface area (Å²) in [7, 11) is 0. The Morgan fingerprint density at radius 1 is 0.382 bits per heavy atom. The van der Waals surface area contributed by atoms with Crippen molar-refractivity contribution in [2.45, 2.75) is 27.7 Å². The molecule has 0 fully saturated rings. The van der Waals surface area contributed by atoms with Crippen LogP contribution in [-0.2, 0) is 0 Å². The van der Waals surface area contributed by atoms with Gasteiger partial charge < -0.3 is 14.1 Å². The number of nitrogens with zero attached hydrogens (tertiary/aromatic N) is 1. The highest BCUT2D eigenvalue weighted by Crippen LogP contribution is 2.52. The molecule has 0 aliphatic carbocycles. The summed E-state index contributed by atoms with van der Waals surface area (Å²) in [5, 5.41) is 9.46. The van der Waals surface area contributed by atoms with Crippen molar-refractivity contribution in [2.75, 3.05) is 4.90 Å². The normalized spacial score (nSPS) is 11.9. The number of hydrogen-bond acceptors (Lipinski definition) is 3. The van der Waals surface area contributed by atoms with Crippen LogP contribution in [0, 0.1) is 27.7 Å². The van der Waals surface area contributed by atoms with Crippen LogP contribution < -0.4 is 26.0 Å². The molecule has 2 heterocycles. The average Bonchev–Trinajstić information content (AvgIpc) is 3.75. The number of fused-ring (bicyclic) bond motifs is 9. The third kappa shape index (κ3) is 6.28. The van der Waals surface area contributed by atoms with E-state index in [1.165, 1.54) is 71.1 Å². The van der Waals surface area contributed by atoms with Gasteiger partial charge in [0, 0.05) is 33.4 Å². The lowest BCUT2D eigenvalue weighted by Gasteiger charge is -2.30. The van der Waals surface area contributed by atoms with Crippen LogP contribution in [0.1, 0.15) is 22.3 Å². The number of benzene rings is 11. The molecule has 11 aromatic carbocycles. The zero-order valence-electron chi connectivity index (χ0n) is 38.5. The highest BCUT2D eigenvalue weighted by Gasteiger charge is 2.30. The van der Waals surface area contributed by atoms with Gasteiger partial charge in [0.15, 0.2) is 5.58 Å². The van der Waals surface area contributed by atoms with Gasteiger partial charge in [-0.25, -0.2) is 0 Å². The van der Waals surface area contributed by atoms with E-state index in [0.717, 1.165) is 72.6 Å². The maximum atomic E-state index is 7.12. The molecule has 0 bridgehead atoms. The molecule has 0 unspecified atom stereocenters. The molecule has 0 amide bonds. The SMILES string of the molecule is Cc1ccc(B(c2ccc(C)cc2C)c2cc3c4cccc5c4c(cc3c3ccccc23)-c2ccc(N(c3ccccc3-c3ccccc3)c3cccc4c3oc3ccccc34)cc2O5)c(C)c1. The van der Waals surface area contributed by atoms with E-state index in [0.29, 0.717) is 0 Å². The van der Waals surface area contributed by atoms with Crippen LogP contribution in [0.5, 0.6) is 11.5 Å². The van der Waals surface area contributed by atoms with Gasteiger partial charge in [0.25, 0.3) is 0 Å². The van der Waals surface area contributed by atoms with Crippen molar-refractivity contribution in [3.63, 3.8) is 0 Å². The van der Waals surface area contributed by atoms with Crippen LogP contribution >= 0.6 is 0 Å². The first-order valence-electron chi connectivity index (χ1n) is 23.6. The van der Waals surface area contributed by atoms with Crippen molar-refractivity contribution < 1.29 is 9.15 Å². The minimum Gasteiger partial charge on any atom is -0.456 e. The lowest BCUT2D eigenvalue weighted by molar-refractivity contribution is 0.487. The molecule has 1 aromatic heterocycles. The maximum Gasteiger partial charge on any atom is 0.242 e. The fraction of sp³-hybridized carbons (Fsp3) is 0.0625. The lowest BCUT2D eigenvalue weighted by Crippen LogP contribution is -2.54. The molecule has 0 atom stereocenters. The molecule has 13 rings (SSSR count). The van der Waals surface area contributed by atoms with E-state index in [1.807, 2.05) is 12.1 Å². The van der Waals surface area contributed by atoms with Gasteiger partial charge in [-0.05, 0) is 108 Å². The van der Waals surface area contributed by atoms with E-state index in [9.17, 15) is 0 Å². The summed E-state index contributed by atoms with van der Waals surface area (Å²) in [5.74, 6) is 1.67. The van der Waals surface area contributed by atoms with E-state index in [4.69, 9.17) is 9.15 Å². The summed E-state index contributed by atoms with van der Waals surface area (Å²) < 4.78 is 13.9. The summed E-state index contributed by atoms with van der Waals surface area (Å²) in [5.41, 5.74) is 18.3. The summed E-state index contributed by atoms with van der Waals surface area (Å²) in [4.78, 5) is 2.34. The fourth-order valence-corrected chi connectivity index (χ4v) is 11.3. The lowest BCUT2D eigenvalue weighted by atomic mass is 9.35. The second-order valence-corrected chi connectivity index (χ2v) is 18.6. The standard InChI is InChI=1S/C64H46BNO2/c1-39-28-32-55(41(3)34-39)65(56-33-29-40(2)35-42(56)4)57-38-53-50-22-15-27-61-63(50)54(37-52(53)46-19-8-9-20-47(46)57)49-31-30-44(36-62(49)67-61)66(58-24-12-10-18-45(58)43-16-6-5-7-17-43)59-25-14-23-51-48-21-11-13-26-60(48)68-64(51)59/h5-38H,1-4H3. The van der Waals surface area contributed by atoms with Crippen LogP contribution in [0.4, 0.5) is 17.1 Å². The number of hydrogen-bond donors (Lipinski definition) is 0. The number of rotatable bonds is 7. The Hall–Kier alpha value is -8.34. The Labute approximate surface area is 396 Å². The highest BCUT2D eigenvalue weighted by molar-refractivity contribution is 6.97. The molecule has 68 heavy (non-hydrogen) atoms. The molecule has 0 spiro atoms. The molecule has 0 N–H and O–H groups in total. The van der Waals surface area contributed by atoms with Gasteiger partial charge in [-0.1, -0.05) is 196 Å². The Kier molecular flexibility index (Phi) is 9.20. The van der Waals surface area contributed by atoms with Gasteiger partial charge in [0.2, 0.25) is 6.71 Å². The zero-order chi connectivity index (χ0) is 45.6. The number of aryl methyl sites for hydroxylation is 4. The first-order valence-corrected chi connectivity index (χ1v) is 23.6. The van der Waals surface area contributed by atoms with E-state index < -0.39 is 0 Å². The molecular weight excluding hydrogens is 826 g/mol. The predicted octanol–water partition coefficient (Wildman–Crippen LogP) is 15.7. The van der Waals surface area contributed by atoms with Crippen LogP contribution in [-0.4, -0.2) is 6.71 Å². The monoisotopic (exact) mass is 871 g/mol. The number of furan rings is 1.